The first-order valence-electron chi connectivity index (χ1n) is 3.91. The fraction of sp³-hybridized carbons (Fsp3) is 0.333. The maximum absolute atomic E-state index is 3.00. The van der Waals surface area contributed by atoms with E-state index in [1.54, 1.807) is 0 Å². The van der Waals surface area contributed by atoms with E-state index >= 15 is 0 Å². The van der Waals surface area contributed by atoms with Crippen LogP contribution in [-0.4, -0.2) is 0 Å². The van der Waals surface area contributed by atoms with Gasteiger partial charge in [0.15, 0.2) is 0 Å². The van der Waals surface area contributed by atoms with Crippen LogP contribution in [0.15, 0.2) is 43.5 Å². The van der Waals surface area contributed by atoms with E-state index in [2.05, 4.69) is 32.2 Å². The van der Waals surface area contributed by atoms with E-state index < -0.39 is 0 Å². The fourth-order valence-electron chi connectivity index (χ4n) is 0.534. The number of aryl methyl sites for hydroxylation is 1. The normalized spacial score (nSPS) is 5.92. The summed E-state index contributed by atoms with van der Waals surface area (Å²) in [7, 11) is 0. The zero-order valence-electron chi connectivity index (χ0n) is 7.80. The molecular weight excluding hydrogens is 144 g/mol. The monoisotopic (exact) mass is 166 g/mol. The van der Waals surface area contributed by atoms with Crippen LogP contribution in [0.2, 0.25) is 0 Å². The van der Waals surface area contributed by atoms with E-state index in [0.29, 0.717) is 0 Å². The van der Waals surface area contributed by atoms with E-state index in [1.165, 1.54) is 5.56 Å². The maximum Gasteiger partial charge on any atom is -0.0398 e. The molecule has 70 valence electrons. The minimum atomic E-state index is 0. The van der Waals surface area contributed by atoms with Crippen molar-refractivity contribution in [2.45, 2.75) is 28.2 Å². The molecule has 0 heteroatoms. The Kier molecular flexibility index (Phi) is 23.6. The topological polar surface area (TPSA) is 0 Å². The standard InChI is InChI=1S/C7H8.C2H6.C2H4.CH4/c1-7-5-3-2-4-6-7;2*1-2;/h2-6H,1H3;1-2H3;1-2H2;1H4. The molecule has 0 bridgehead atoms. The lowest BCUT2D eigenvalue weighted by molar-refractivity contribution is 1.48. The predicted molar refractivity (Wildman–Crippen MR) is 60.5 cm³/mol. The molecule has 12 heavy (non-hydrogen) atoms. The lowest BCUT2D eigenvalue weighted by atomic mass is 10.2. The molecule has 0 saturated heterocycles. The summed E-state index contributed by atoms with van der Waals surface area (Å²) in [4.78, 5) is 0. The average molecular weight is 166 g/mol. The van der Waals surface area contributed by atoms with Gasteiger partial charge in [-0.15, -0.1) is 13.2 Å². The van der Waals surface area contributed by atoms with Gasteiger partial charge in [0.05, 0.1) is 0 Å². The number of hydrogen-bond donors (Lipinski definition) is 0. The van der Waals surface area contributed by atoms with Gasteiger partial charge in [-0.1, -0.05) is 57.2 Å². The predicted octanol–water partition coefficient (Wildman–Crippen LogP) is 4.46. The lowest BCUT2D eigenvalue weighted by Gasteiger charge is -1.82. The van der Waals surface area contributed by atoms with Crippen molar-refractivity contribution in [3.8, 4) is 0 Å². The van der Waals surface area contributed by atoms with Crippen LogP contribution in [0.25, 0.3) is 0 Å². The highest BCUT2D eigenvalue weighted by Gasteiger charge is 1.72. The molecule has 1 aromatic rings. The Hall–Kier alpha value is -1.04. The Bertz CT molecular complexity index is 141. The summed E-state index contributed by atoms with van der Waals surface area (Å²) in [5.41, 5.74) is 1.32. The van der Waals surface area contributed by atoms with Crippen LogP contribution in [0.1, 0.15) is 26.8 Å². The van der Waals surface area contributed by atoms with Crippen molar-refractivity contribution in [1.82, 2.24) is 0 Å². The van der Waals surface area contributed by atoms with Crippen LogP contribution >= 0.6 is 0 Å². The Morgan fingerprint density at radius 2 is 1.25 bits per heavy atom. The molecule has 0 aliphatic rings. The maximum atomic E-state index is 3.00. The van der Waals surface area contributed by atoms with E-state index in [4.69, 9.17) is 0 Å². The zero-order valence-corrected chi connectivity index (χ0v) is 7.80. The van der Waals surface area contributed by atoms with E-state index in [-0.39, 0.29) is 7.43 Å². The van der Waals surface area contributed by atoms with Gasteiger partial charge in [0.25, 0.3) is 0 Å². The first-order valence-corrected chi connectivity index (χ1v) is 3.91. The molecule has 0 N–H and O–H groups in total. The number of rotatable bonds is 0. The summed E-state index contributed by atoms with van der Waals surface area (Å²) in [6, 6.07) is 10.3. The summed E-state index contributed by atoms with van der Waals surface area (Å²) >= 11 is 0. The van der Waals surface area contributed by atoms with Gasteiger partial charge in [0.2, 0.25) is 0 Å². The van der Waals surface area contributed by atoms with Crippen molar-refractivity contribution in [3.63, 3.8) is 0 Å². The zero-order chi connectivity index (χ0) is 9.11. The van der Waals surface area contributed by atoms with Gasteiger partial charge in [-0.05, 0) is 6.92 Å². The third kappa shape index (κ3) is 11.7. The van der Waals surface area contributed by atoms with Crippen molar-refractivity contribution >= 4 is 0 Å². The molecule has 0 nitrogen and oxygen atoms in total. The van der Waals surface area contributed by atoms with Crippen molar-refractivity contribution in [1.29, 1.82) is 0 Å². The van der Waals surface area contributed by atoms with Crippen molar-refractivity contribution in [2.24, 2.45) is 0 Å². The first-order chi connectivity index (χ1) is 5.39. The third-order valence-corrected chi connectivity index (χ3v) is 0.940. The second kappa shape index (κ2) is 16.5. The molecule has 0 amide bonds. The average Bonchev–Trinajstić information content (AvgIpc) is 2.13. The first kappa shape index (κ1) is 17.2. The van der Waals surface area contributed by atoms with Gasteiger partial charge in [-0.2, -0.15) is 0 Å². The van der Waals surface area contributed by atoms with Crippen molar-refractivity contribution in [3.05, 3.63) is 49.1 Å². The van der Waals surface area contributed by atoms with Crippen LogP contribution in [0.5, 0.6) is 0 Å². The van der Waals surface area contributed by atoms with Gasteiger partial charge >= 0.3 is 0 Å². The van der Waals surface area contributed by atoms with E-state index in [1.807, 2.05) is 32.0 Å². The molecule has 0 unspecified atom stereocenters. The van der Waals surface area contributed by atoms with Crippen LogP contribution in [0, 0.1) is 6.92 Å². The second-order valence-corrected chi connectivity index (χ2v) is 1.65. The lowest BCUT2D eigenvalue weighted by Crippen LogP contribution is -1.62. The van der Waals surface area contributed by atoms with Crippen LogP contribution in [0.4, 0.5) is 0 Å². The molecule has 0 saturated carbocycles. The summed E-state index contributed by atoms with van der Waals surface area (Å²) in [5.74, 6) is 0. The van der Waals surface area contributed by atoms with Gasteiger partial charge in [-0.25, -0.2) is 0 Å². The van der Waals surface area contributed by atoms with Gasteiger partial charge in [-0.3, -0.25) is 0 Å². The fourth-order valence-corrected chi connectivity index (χ4v) is 0.534. The Labute approximate surface area is 77.9 Å². The SMILES string of the molecule is C.C=C.CC.Cc1ccccc1. The van der Waals surface area contributed by atoms with E-state index in [0.717, 1.165) is 0 Å². The summed E-state index contributed by atoms with van der Waals surface area (Å²) < 4.78 is 0. The molecule has 0 aliphatic carbocycles. The summed E-state index contributed by atoms with van der Waals surface area (Å²) in [6.45, 7) is 12.1. The van der Waals surface area contributed by atoms with Gasteiger partial charge in [0.1, 0.15) is 0 Å². The molecule has 1 aromatic carbocycles. The minimum Gasteiger partial charge on any atom is -0.106 e. The molecule has 0 spiro atoms. The Morgan fingerprint density at radius 1 is 0.917 bits per heavy atom. The van der Waals surface area contributed by atoms with Gasteiger partial charge < -0.3 is 0 Å². The summed E-state index contributed by atoms with van der Waals surface area (Å²) in [5, 5.41) is 0. The molecular formula is C12H22. The minimum absolute atomic E-state index is 0. The highest BCUT2D eigenvalue weighted by Crippen LogP contribution is 1.92. The number of benzene rings is 1. The molecule has 0 fully saturated rings. The van der Waals surface area contributed by atoms with Crippen molar-refractivity contribution in [2.75, 3.05) is 0 Å². The molecule has 0 heterocycles. The molecule has 0 radical (unpaired) electrons. The Morgan fingerprint density at radius 3 is 1.42 bits per heavy atom. The Balaban J connectivity index is -0.000000144. The highest BCUT2D eigenvalue weighted by atomic mass is 13.8. The third-order valence-electron chi connectivity index (χ3n) is 0.940. The quantitative estimate of drug-likeness (QED) is 0.499. The molecule has 0 atom stereocenters. The molecule has 0 aliphatic heterocycles. The molecule has 0 aromatic heterocycles. The van der Waals surface area contributed by atoms with Gasteiger partial charge in [0, 0.05) is 0 Å². The van der Waals surface area contributed by atoms with Crippen LogP contribution < -0.4 is 0 Å². The van der Waals surface area contributed by atoms with Crippen LogP contribution in [-0.2, 0) is 0 Å². The highest BCUT2D eigenvalue weighted by molar-refractivity contribution is 5.11. The largest absolute Gasteiger partial charge is 0.106 e. The molecule has 1 rings (SSSR count). The number of hydrogen-bond acceptors (Lipinski definition) is 0. The second-order valence-electron chi connectivity index (χ2n) is 1.65. The smallest absolute Gasteiger partial charge is 0.0398 e. The van der Waals surface area contributed by atoms with Crippen molar-refractivity contribution < 1.29 is 0 Å². The summed E-state index contributed by atoms with van der Waals surface area (Å²) in [6.07, 6.45) is 0. The van der Waals surface area contributed by atoms with Crippen LogP contribution in [0.3, 0.4) is 0 Å². The van der Waals surface area contributed by atoms with E-state index in [9.17, 15) is 0 Å².